The number of carbonyl (C=O) groups excluding carboxylic acids is 2. The Morgan fingerprint density at radius 1 is 1.09 bits per heavy atom. The van der Waals surface area contributed by atoms with Crippen molar-refractivity contribution < 1.29 is 18.0 Å². The van der Waals surface area contributed by atoms with Crippen LogP contribution in [0.2, 0.25) is 0 Å². The van der Waals surface area contributed by atoms with E-state index in [4.69, 9.17) is 0 Å². The lowest BCUT2D eigenvalue weighted by Gasteiger charge is -2.21. The molecule has 1 heterocycles. The van der Waals surface area contributed by atoms with Crippen LogP contribution < -0.4 is 14.9 Å². The Labute approximate surface area is 190 Å². The van der Waals surface area contributed by atoms with Gasteiger partial charge in [-0.05, 0) is 48.1 Å². The van der Waals surface area contributed by atoms with E-state index < -0.39 is 16.1 Å². The zero-order valence-electron chi connectivity index (χ0n) is 18.8. The molecule has 1 aliphatic rings. The molecule has 172 valence electrons. The minimum atomic E-state index is -3.91. The van der Waals surface area contributed by atoms with Crippen molar-refractivity contribution >= 4 is 27.5 Å². The summed E-state index contributed by atoms with van der Waals surface area (Å²) in [4.78, 5) is 26.7. The number of nitrogens with one attached hydrogen (secondary N) is 2. The number of benzene rings is 2. The number of hydrogen-bond acceptors (Lipinski definition) is 4. The van der Waals surface area contributed by atoms with E-state index in [0.717, 1.165) is 16.8 Å². The van der Waals surface area contributed by atoms with Crippen LogP contribution in [0.25, 0.3) is 0 Å². The first kappa shape index (κ1) is 23.9. The summed E-state index contributed by atoms with van der Waals surface area (Å²) >= 11 is 0. The van der Waals surface area contributed by atoms with Crippen molar-refractivity contribution in [3.05, 3.63) is 59.7 Å². The highest BCUT2D eigenvalue weighted by Gasteiger charge is 2.29. The summed E-state index contributed by atoms with van der Waals surface area (Å²) in [6.45, 7) is 6.58. The van der Waals surface area contributed by atoms with Crippen LogP contribution >= 0.6 is 0 Å². The molecule has 2 amide bonds. The number of amides is 2. The number of sulfonamides is 1. The molecule has 0 fully saturated rings. The van der Waals surface area contributed by atoms with Gasteiger partial charge in [0.05, 0.1) is 4.90 Å². The quantitative estimate of drug-likeness (QED) is 0.605. The Morgan fingerprint density at radius 2 is 1.81 bits per heavy atom. The molecule has 8 heteroatoms. The monoisotopic (exact) mass is 457 g/mol. The minimum absolute atomic E-state index is 0.0181. The van der Waals surface area contributed by atoms with E-state index in [9.17, 15) is 18.0 Å². The highest BCUT2D eigenvalue weighted by Crippen LogP contribution is 2.30. The first-order valence-corrected chi connectivity index (χ1v) is 12.5. The predicted octanol–water partition coefficient (Wildman–Crippen LogP) is 3.00. The van der Waals surface area contributed by atoms with E-state index in [-0.39, 0.29) is 22.6 Å². The van der Waals surface area contributed by atoms with Gasteiger partial charge in [-0.15, -0.1) is 0 Å². The van der Waals surface area contributed by atoms with Crippen LogP contribution in [0.5, 0.6) is 0 Å². The first-order chi connectivity index (χ1) is 15.2. The fourth-order valence-corrected chi connectivity index (χ4v) is 5.10. The van der Waals surface area contributed by atoms with Crippen LogP contribution in [0, 0.1) is 5.92 Å². The van der Waals surface area contributed by atoms with Gasteiger partial charge < -0.3 is 10.2 Å². The molecule has 3 rings (SSSR count). The molecule has 0 saturated carbocycles. The summed E-state index contributed by atoms with van der Waals surface area (Å²) < 4.78 is 28.8. The van der Waals surface area contributed by atoms with E-state index in [1.165, 1.54) is 6.07 Å². The standard InChI is InChI=1S/C24H31N3O4S/c1-4-23(28)27-13-12-19-15-20(10-11-22(19)27)32(30,31)26-21(14-17(2)3)24(29)25-16-18-8-6-5-7-9-18/h5-11,15,17,21,26H,4,12-14,16H2,1-3H3,(H,25,29)/t21-/m1/s1. The fraction of sp³-hybridized carbons (Fsp3) is 0.417. The van der Waals surface area contributed by atoms with E-state index in [0.29, 0.717) is 32.4 Å². The van der Waals surface area contributed by atoms with Gasteiger partial charge in [0.15, 0.2) is 0 Å². The molecule has 2 aromatic carbocycles. The number of fused-ring (bicyclic) bond motifs is 1. The van der Waals surface area contributed by atoms with Gasteiger partial charge in [0, 0.05) is 25.2 Å². The molecule has 2 N–H and O–H groups in total. The second-order valence-corrected chi connectivity index (χ2v) is 10.2. The lowest BCUT2D eigenvalue weighted by molar-refractivity contribution is -0.123. The fourth-order valence-electron chi connectivity index (χ4n) is 3.84. The van der Waals surface area contributed by atoms with Gasteiger partial charge in [0.25, 0.3) is 0 Å². The number of nitrogens with zero attached hydrogens (tertiary/aromatic N) is 1. The molecular weight excluding hydrogens is 426 g/mol. The number of rotatable bonds is 9. The summed E-state index contributed by atoms with van der Waals surface area (Å²) in [5.74, 6) is -0.213. The van der Waals surface area contributed by atoms with Gasteiger partial charge in [0.1, 0.15) is 6.04 Å². The molecule has 0 aliphatic carbocycles. The van der Waals surface area contributed by atoms with Crippen LogP contribution in [0.4, 0.5) is 5.69 Å². The Bertz CT molecular complexity index is 1070. The molecular formula is C24H31N3O4S. The zero-order chi connectivity index (χ0) is 23.3. The molecule has 0 aromatic heterocycles. The summed E-state index contributed by atoms with van der Waals surface area (Å²) in [6.07, 6.45) is 1.39. The van der Waals surface area contributed by atoms with Gasteiger partial charge >= 0.3 is 0 Å². The smallest absolute Gasteiger partial charge is 0.241 e. The second kappa shape index (κ2) is 10.3. The highest BCUT2D eigenvalue weighted by molar-refractivity contribution is 7.89. The van der Waals surface area contributed by atoms with Crippen molar-refractivity contribution in [3.63, 3.8) is 0 Å². The van der Waals surface area contributed by atoms with E-state index in [1.54, 1.807) is 24.0 Å². The largest absolute Gasteiger partial charge is 0.351 e. The topological polar surface area (TPSA) is 95.6 Å². The van der Waals surface area contributed by atoms with Gasteiger partial charge in [-0.25, -0.2) is 8.42 Å². The average Bonchev–Trinajstić information content (AvgIpc) is 3.20. The van der Waals surface area contributed by atoms with Crippen LogP contribution in [-0.4, -0.2) is 32.8 Å². The first-order valence-electron chi connectivity index (χ1n) is 11.0. The van der Waals surface area contributed by atoms with Crippen molar-refractivity contribution in [2.24, 2.45) is 5.92 Å². The molecule has 0 saturated heterocycles. The van der Waals surface area contributed by atoms with Crippen molar-refractivity contribution in [2.45, 2.75) is 57.5 Å². The highest BCUT2D eigenvalue weighted by atomic mass is 32.2. The minimum Gasteiger partial charge on any atom is -0.351 e. The van der Waals surface area contributed by atoms with Gasteiger partial charge in [0.2, 0.25) is 21.8 Å². The average molecular weight is 458 g/mol. The number of anilines is 1. The molecule has 0 bridgehead atoms. The molecule has 0 unspecified atom stereocenters. The van der Waals surface area contributed by atoms with Crippen molar-refractivity contribution in [3.8, 4) is 0 Å². The van der Waals surface area contributed by atoms with Crippen molar-refractivity contribution in [1.82, 2.24) is 10.0 Å². The van der Waals surface area contributed by atoms with Crippen molar-refractivity contribution in [1.29, 1.82) is 0 Å². The zero-order valence-corrected chi connectivity index (χ0v) is 19.6. The van der Waals surface area contributed by atoms with Crippen LogP contribution in [-0.2, 0) is 32.6 Å². The van der Waals surface area contributed by atoms with Crippen LogP contribution in [0.1, 0.15) is 44.7 Å². The third kappa shape index (κ3) is 5.75. The second-order valence-electron chi connectivity index (χ2n) is 8.45. The lowest BCUT2D eigenvalue weighted by atomic mass is 10.0. The summed E-state index contributed by atoms with van der Waals surface area (Å²) in [6, 6.07) is 13.4. The van der Waals surface area contributed by atoms with Crippen LogP contribution in [0.3, 0.4) is 0 Å². The maximum absolute atomic E-state index is 13.1. The number of carbonyl (C=O) groups is 2. The van der Waals surface area contributed by atoms with Gasteiger partial charge in [-0.3, -0.25) is 9.59 Å². The van der Waals surface area contributed by atoms with E-state index in [1.807, 2.05) is 44.2 Å². The number of hydrogen-bond donors (Lipinski definition) is 2. The predicted molar refractivity (Wildman–Crippen MR) is 125 cm³/mol. The Hall–Kier alpha value is -2.71. The third-order valence-corrected chi connectivity index (χ3v) is 6.96. The Kier molecular flexibility index (Phi) is 7.69. The molecule has 0 radical (unpaired) electrons. The van der Waals surface area contributed by atoms with E-state index in [2.05, 4.69) is 10.0 Å². The summed E-state index contributed by atoms with van der Waals surface area (Å²) in [5.41, 5.74) is 2.52. The maximum atomic E-state index is 13.1. The normalized spacial score (nSPS) is 14.3. The molecule has 1 aliphatic heterocycles. The third-order valence-electron chi connectivity index (χ3n) is 5.49. The molecule has 7 nitrogen and oxygen atoms in total. The lowest BCUT2D eigenvalue weighted by Crippen LogP contribution is -2.47. The van der Waals surface area contributed by atoms with Gasteiger partial charge in [-0.1, -0.05) is 51.1 Å². The summed E-state index contributed by atoms with van der Waals surface area (Å²) in [5, 5.41) is 2.83. The Balaban J connectivity index is 1.75. The van der Waals surface area contributed by atoms with Crippen molar-refractivity contribution in [2.75, 3.05) is 11.4 Å². The molecule has 32 heavy (non-hydrogen) atoms. The molecule has 1 atom stereocenters. The summed E-state index contributed by atoms with van der Waals surface area (Å²) in [7, 11) is -3.91. The SMILES string of the molecule is CCC(=O)N1CCc2cc(S(=O)(=O)N[C@H](CC(C)C)C(=O)NCc3ccccc3)ccc21. The maximum Gasteiger partial charge on any atom is 0.241 e. The molecule has 0 spiro atoms. The Morgan fingerprint density at radius 3 is 2.47 bits per heavy atom. The van der Waals surface area contributed by atoms with Gasteiger partial charge in [-0.2, -0.15) is 4.72 Å². The molecule has 2 aromatic rings. The van der Waals surface area contributed by atoms with Crippen LogP contribution in [0.15, 0.2) is 53.4 Å². The van der Waals surface area contributed by atoms with E-state index >= 15 is 0 Å².